The predicted molar refractivity (Wildman–Crippen MR) is 105 cm³/mol. The first-order valence-electron chi connectivity index (χ1n) is 8.51. The summed E-state index contributed by atoms with van der Waals surface area (Å²) in [5.41, 5.74) is 6.03. The second-order valence-electron chi connectivity index (χ2n) is 6.09. The summed E-state index contributed by atoms with van der Waals surface area (Å²) in [6.07, 6.45) is 1.51. The van der Waals surface area contributed by atoms with E-state index >= 15 is 0 Å². The third-order valence-corrected chi connectivity index (χ3v) is 3.92. The van der Waals surface area contributed by atoms with Crippen LogP contribution in [0.2, 0.25) is 0 Å². The van der Waals surface area contributed by atoms with E-state index in [1.165, 1.54) is 11.8 Å². The number of carbonyl (C=O) groups excluding carboxylic acids is 1. The molecule has 3 aromatic rings. The maximum atomic E-state index is 12.1. The Morgan fingerprint density at radius 3 is 2.33 bits per heavy atom. The van der Waals surface area contributed by atoms with Gasteiger partial charge in [0.05, 0.1) is 6.21 Å². The fourth-order valence-corrected chi connectivity index (χ4v) is 2.34. The molecule has 5 nitrogen and oxygen atoms in total. The molecule has 2 N–H and O–H groups in total. The molecule has 0 radical (unpaired) electrons. The SMILES string of the molecule is Cc1ccc(COc2ccc(C(=O)NN=Cc3ccc(O)cc3)cc2)cc1. The Morgan fingerprint density at radius 2 is 1.67 bits per heavy atom. The Labute approximate surface area is 157 Å². The van der Waals surface area contributed by atoms with Crippen LogP contribution in [0.1, 0.15) is 27.0 Å². The van der Waals surface area contributed by atoms with E-state index in [9.17, 15) is 9.90 Å². The number of rotatable bonds is 6. The van der Waals surface area contributed by atoms with Crippen LogP contribution in [0.5, 0.6) is 11.5 Å². The van der Waals surface area contributed by atoms with E-state index in [4.69, 9.17) is 4.74 Å². The summed E-state index contributed by atoms with van der Waals surface area (Å²) in [5, 5.41) is 13.1. The lowest BCUT2D eigenvalue weighted by molar-refractivity contribution is 0.0955. The van der Waals surface area contributed by atoms with Crippen molar-refractivity contribution in [1.29, 1.82) is 0 Å². The zero-order valence-corrected chi connectivity index (χ0v) is 14.9. The van der Waals surface area contributed by atoms with Gasteiger partial charge in [-0.2, -0.15) is 5.10 Å². The van der Waals surface area contributed by atoms with Gasteiger partial charge in [-0.1, -0.05) is 29.8 Å². The summed E-state index contributed by atoms with van der Waals surface area (Å²) in [6, 6.07) is 21.6. The lowest BCUT2D eigenvalue weighted by atomic mass is 10.2. The Bertz CT molecular complexity index is 915. The standard InChI is InChI=1S/C22H20N2O3/c1-16-2-4-18(5-3-16)15-27-21-12-8-19(9-13-21)22(26)24-23-14-17-6-10-20(25)11-7-17/h2-14,25H,15H2,1H3,(H,24,26). The van der Waals surface area contributed by atoms with Crippen LogP contribution in [-0.4, -0.2) is 17.2 Å². The summed E-state index contributed by atoms with van der Waals surface area (Å²) in [7, 11) is 0. The number of phenolic OH excluding ortho intramolecular Hbond substituents is 1. The maximum Gasteiger partial charge on any atom is 0.271 e. The minimum atomic E-state index is -0.310. The van der Waals surface area contributed by atoms with Crippen molar-refractivity contribution in [3.8, 4) is 11.5 Å². The van der Waals surface area contributed by atoms with Crippen LogP contribution in [0.4, 0.5) is 0 Å². The van der Waals surface area contributed by atoms with Crippen LogP contribution in [0.15, 0.2) is 77.9 Å². The number of hydrazone groups is 1. The molecule has 27 heavy (non-hydrogen) atoms. The number of ether oxygens (including phenoxy) is 1. The molecule has 3 rings (SSSR count). The van der Waals surface area contributed by atoms with Crippen molar-refractivity contribution in [2.75, 3.05) is 0 Å². The number of aryl methyl sites for hydroxylation is 1. The molecule has 0 spiro atoms. The van der Waals surface area contributed by atoms with Crippen LogP contribution >= 0.6 is 0 Å². The summed E-state index contributed by atoms with van der Waals surface area (Å²) in [4.78, 5) is 12.1. The molecule has 0 atom stereocenters. The fraction of sp³-hybridized carbons (Fsp3) is 0.0909. The van der Waals surface area contributed by atoms with E-state index < -0.39 is 0 Å². The van der Waals surface area contributed by atoms with Gasteiger partial charge in [0.25, 0.3) is 5.91 Å². The number of aromatic hydroxyl groups is 1. The number of nitrogens with one attached hydrogen (secondary N) is 1. The van der Waals surface area contributed by atoms with Crippen LogP contribution in [0.25, 0.3) is 0 Å². The van der Waals surface area contributed by atoms with Gasteiger partial charge in [0.15, 0.2) is 0 Å². The number of nitrogens with zero attached hydrogens (tertiary/aromatic N) is 1. The Balaban J connectivity index is 1.52. The molecule has 0 saturated carbocycles. The molecule has 3 aromatic carbocycles. The number of benzene rings is 3. The van der Waals surface area contributed by atoms with E-state index in [1.54, 1.807) is 48.5 Å². The Morgan fingerprint density at radius 1 is 1.00 bits per heavy atom. The lowest BCUT2D eigenvalue weighted by Gasteiger charge is -2.07. The van der Waals surface area contributed by atoms with Gasteiger partial charge in [0.1, 0.15) is 18.1 Å². The maximum absolute atomic E-state index is 12.1. The van der Waals surface area contributed by atoms with Crippen LogP contribution in [0.3, 0.4) is 0 Å². The molecular formula is C22H20N2O3. The molecule has 0 aliphatic rings. The second kappa shape index (κ2) is 8.67. The first kappa shape index (κ1) is 18.2. The third-order valence-electron chi connectivity index (χ3n) is 3.92. The average molecular weight is 360 g/mol. The van der Waals surface area contributed by atoms with Gasteiger partial charge in [0, 0.05) is 5.56 Å². The fourth-order valence-electron chi connectivity index (χ4n) is 2.34. The zero-order chi connectivity index (χ0) is 19.1. The van der Waals surface area contributed by atoms with Crippen LogP contribution in [-0.2, 0) is 6.61 Å². The first-order valence-corrected chi connectivity index (χ1v) is 8.51. The van der Waals surface area contributed by atoms with Crippen molar-refractivity contribution in [3.63, 3.8) is 0 Å². The normalized spacial score (nSPS) is 10.7. The van der Waals surface area contributed by atoms with Gasteiger partial charge in [-0.05, 0) is 66.6 Å². The zero-order valence-electron chi connectivity index (χ0n) is 14.9. The van der Waals surface area contributed by atoms with Gasteiger partial charge < -0.3 is 9.84 Å². The minimum absolute atomic E-state index is 0.181. The number of phenols is 1. The topological polar surface area (TPSA) is 70.9 Å². The Hall–Kier alpha value is -3.60. The highest BCUT2D eigenvalue weighted by Crippen LogP contribution is 2.15. The molecule has 5 heteroatoms. The minimum Gasteiger partial charge on any atom is -0.508 e. The largest absolute Gasteiger partial charge is 0.508 e. The third kappa shape index (κ3) is 5.44. The van der Waals surface area contributed by atoms with Crippen molar-refractivity contribution >= 4 is 12.1 Å². The molecule has 136 valence electrons. The molecule has 0 bridgehead atoms. The first-order chi connectivity index (χ1) is 13.1. The number of hydrogen-bond donors (Lipinski definition) is 2. The summed E-state index contributed by atoms with van der Waals surface area (Å²) < 4.78 is 5.73. The second-order valence-corrected chi connectivity index (χ2v) is 6.09. The van der Waals surface area contributed by atoms with Crippen molar-refractivity contribution < 1.29 is 14.6 Å². The molecular weight excluding hydrogens is 340 g/mol. The molecule has 1 amide bonds. The van der Waals surface area contributed by atoms with Gasteiger partial charge in [0.2, 0.25) is 0 Å². The predicted octanol–water partition coefficient (Wildman–Crippen LogP) is 4.04. The van der Waals surface area contributed by atoms with Gasteiger partial charge in [-0.3, -0.25) is 4.79 Å². The lowest BCUT2D eigenvalue weighted by Crippen LogP contribution is -2.17. The van der Waals surface area contributed by atoms with Crippen molar-refractivity contribution in [3.05, 3.63) is 95.1 Å². The number of carbonyl (C=O) groups is 1. The quantitative estimate of drug-likeness (QED) is 0.515. The van der Waals surface area contributed by atoms with E-state index in [1.807, 2.05) is 31.2 Å². The highest BCUT2D eigenvalue weighted by atomic mass is 16.5. The van der Waals surface area contributed by atoms with Crippen molar-refractivity contribution in [2.24, 2.45) is 5.10 Å². The van der Waals surface area contributed by atoms with Gasteiger partial charge in [-0.25, -0.2) is 5.43 Å². The van der Waals surface area contributed by atoms with Crippen LogP contribution < -0.4 is 10.2 Å². The summed E-state index contributed by atoms with van der Waals surface area (Å²) in [5.74, 6) is 0.565. The molecule has 0 aliphatic carbocycles. The van der Waals surface area contributed by atoms with Gasteiger partial charge >= 0.3 is 0 Å². The molecule has 0 heterocycles. The molecule has 0 aromatic heterocycles. The number of hydrogen-bond acceptors (Lipinski definition) is 4. The van der Waals surface area contributed by atoms with Crippen molar-refractivity contribution in [2.45, 2.75) is 13.5 Å². The highest BCUT2D eigenvalue weighted by Gasteiger charge is 2.04. The molecule has 0 unspecified atom stereocenters. The van der Waals surface area contributed by atoms with E-state index in [2.05, 4.69) is 10.5 Å². The molecule has 0 aliphatic heterocycles. The van der Waals surface area contributed by atoms with E-state index in [0.717, 1.165) is 11.1 Å². The average Bonchev–Trinajstić information content (AvgIpc) is 2.69. The number of amides is 1. The summed E-state index contributed by atoms with van der Waals surface area (Å²) in [6.45, 7) is 2.52. The molecule has 0 saturated heterocycles. The van der Waals surface area contributed by atoms with Crippen LogP contribution in [0, 0.1) is 6.92 Å². The van der Waals surface area contributed by atoms with Gasteiger partial charge in [-0.15, -0.1) is 0 Å². The smallest absolute Gasteiger partial charge is 0.271 e. The molecule has 0 fully saturated rings. The van der Waals surface area contributed by atoms with E-state index in [-0.39, 0.29) is 11.7 Å². The van der Waals surface area contributed by atoms with E-state index in [0.29, 0.717) is 17.9 Å². The van der Waals surface area contributed by atoms with Crippen molar-refractivity contribution in [1.82, 2.24) is 5.43 Å². The monoisotopic (exact) mass is 360 g/mol. The summed E-state index contributed by atoms with van der Waals surface area (Å²) >= 11 is 0. The highest BCUT2D eigenvalue weighted by molar-refractivity contribution is 5.95. The Kier molecular flexibility index (Phi) is 5.84.